The van der Waals surface area contributed by atoms with Crippen molar-refractivity contribution in [2.45, 2.75) is 12.8 Å². The number of carbonyl (C=O) groups is 2. The molecule has 1 heterocycles. The molecule has 0 fully saturated rings. The Kier molecular flexibility index (Phi) is 3.85. The number of benzene rings is 1. The number of hydrogen-bond acceptors (Lipinski definition) is 4. The molecule has 0 saturated heterocycles. The Bertz CT molecular complexity index is 628. The van der Waals surface area contributed by atoms with E-state index in [0.717, 1.165) is 5.56 Å². The predicted octanol–water partition coefficient (Wildman–Crippen LogP) is 1.46. The number of nitriles is 1. The van der Waals surface area contributed by atoms with E-state index in [2.05, 4.69) is 5.32 Å². The van der Waals surface area contributed by atoms with Crippen molar-refractivity contribution in [2.75, 3.05) is 7.11 Å². The van der Waals surface area contributed by atoms with Crippen LogP contribution in [0.2, 0.25) is 0 Å². The molecule has 2 unspecified atom stereocenters. The third-order valence-corrected chi connectivity index (χ3v) is 3.25. The first-order chi connectivity index (χ1) is 9.56. The summed E-state index contributed by atoms with van der Waals surface area (Å²) in [5.41, 5.74) is 1.92. The Hall–Kier alpha value is -2.61. The number of allylic oxidation sites excluding steroid dienone is 2. The summed E-state index contributed by atoms with van der Waals surface area (Å²) in [6.45, 7) is 1.76. The molecule has 1 amide bonds. The second-order valence-corrected chi connectivity index (χ2v) is 4.60. The molecule has 0 bridgehead atoms. The van der Waals surface area contributed by atoms with Crippen molar-refractivity contribution in [3.8, 4) is 6.07 Å². The van der Waals surface area contributed by atoms with Crippen molar-refractivity contribution in [2.24, 2.45) is 5.92 Å². The maximum atomic E-state index is 12.0. The summed E-state index contributed by atoms with van der Waals surface area (Å²) in [6.07, 6.45) is 1.81. The standard InChI is InChI=1S/C15H14N2O3/c1-9-6-12(11-5-3-4-10(7-11)8-16)13(14(18)17-9)15(19)20-2/h3-7,12-13H,1-2H3,(H,17,18). The minimum Gasteiger partial charge on any atom is -0.468 e. The number of methoxy groups -OCH3 is 1. The molecule has 20 heavy (non-hydrogen) atoms. The third-order valence-electron chi connectivity index (χ3n) is 3.25. The molecule has 1 aromatic carbocycles. The van der Waals surface area contributed by atoms with Crippen LogP contribution in [0, 0.1) is 17.2 Å². The van der Waals surface area contributed by atoms with E-state index >= 15 is 0 Å². The average Bonchev–Trinajstić information content (AvgIpc) is 2.45. The van der Waals surface area contributed by atoms with Gasteiger partial charge in [-0.15, -0.1) is 0 Å². The van der Waals surface area contributed by atoms with Crippen molar-refractivity contribution in [1.82, 2.24) is 5.32 Å². The van der Waals surface area contributed by atoms with Gasteiger partial charge in [-0.1, -0.05) is 18.2 Å². The van der Waals surface area contributed by atoms with Crippen LogP contribution in [0.5, 0.6) is 0 Å². The van der Waals surface area contributed by atoms with Crippen molar-refractivity contribution in [3.05, 3.63) is 47.2 Å². The lowest BCUT2D eigenvalue weighted by molar-refractivity contribution is -0.150. The van der Waals surface area contributed by atoms with Crippen molar-refractivity contribution in [3.63, 3.8) is 0 Å². The van der Waals surface area contributed by atoms with Crippen LogP contribution >= 0.6 is 0 Å². The predicted molar refractivity (Wildman–Crippen MR) is 71.3 cm³/mol. The Morgan fingerprint density at radius 1 is 1.45 bits per heavy atom. The zero-order valence-corrected chi connectivity index (χ0v) is 11.2. The van der Waals surface area contributed by atoms with Crippen LogP contribution in [0.4, 0.5) is 0 Å². The number of nitrogens with one attached hydrogen (secondary N) is 1. The summed E-state index contributed by atoms with van der Waals surface area (Å²) in [6, 6.07) is 8.94. The van der Waals surface area contributed by atoms with E-state index in [-0.39, 0.29) is 5.91 Å². The molecule has 1 N–H and O–H groups in total. The molecule has 1 aliphatic heterocycles. The fraction of sp³-hybridized carbons (Fsp3) is 0.267. The van der Waals surface area contributed by atoms with Crippen LogP contribution in [0.25, 0.3) is 0 Å². The molecule has 102 valence electrons. The van der Waals surface area contributed by atoms with Crippen molar-refractivity contribution < 1.29 is 14.3 Å². The lowest BCUT2D eigenvalue weighted by Gasteiger charge is -2.27. The molecule has 0 saturated carbocycles. The van der Waals surface area contributed by atoms with Crippen LogP contribution in [0.1, 0.15) is 24.0 Å². The van der Waals surface area contributed by atoms with Gasteiger partial charge in [0.25, 0.3) is 0 Å². The van der Waals surface area contributed by atoms with Crippen LogP contribution in [-0.4, -0.2) is 19.0 Å². The van der Waals surface area contributed by atoms with Gasteiger partial charge in [0.05, 0.1) is 18.7 Å². The van der Waals surface area contributed by atoms with Crippen LogP contribution in [0.15, 0.2) is 36.0 Å². The Morgan fingerprint density at radius 3 is 2.85 bits per heavy atom. The number of ether oxygens (including phenoxy) is 1. The van der Waals surface area contributed by atoms with E-state index in [4.69, 9.17) is 10.00 Å². The molecule has 2 rings (SSSR count). The highest BCUT2D eigenvalue weighted by atomic mass is 16.5. The highest BCUT2D eigenvalue weighted by Crippen LogP contribution is 2.31. The fourth-order valence-electron chi connectivity index (χ4n) is 2.33. The average molecular weight is 270 g/mol. The molecule has 0 radical (unpaired) electrons. The largest absolute Gasteiger partial charge is 0.468 e. The van der Waals surface area contributed by atoms with Crippen molar-refractivity contribution in [1.29, 1.82) is 5.26 Å². The number of carbonyl (C=O) groups excluding carboxylic acids is 2. The summed E-state index contributed by atoms with van der Waals surface area (Å²) in [7, 11) is 1.25. The van der Waals surface area contributed by atoms with E-state index in [0.29, 0.717) is 11.3 Å². The molecule has 1 aliphatic rings. The normalized spacial score (nSPS) is 21.4. The van der Waals surface area contributed by atoms with Crippen molar-refractivity contribution >= 4 is 11.9 Å². The minimum atomic E-state index is -0.933. The van der Waals surface area contributed by atoms with Gasteiger partial charge >= 0.3 is 5.97 Å². The SMILES string of the molecule is COC(=O)C1C(=O)NC(C)=CC1c1cccc(C#N)c1. The van der Waals surface area contributed by atoms with Gasteiger partial charge in [-0.05, 0) is 24.6 Å². The summed E-state index contributed by atoms with van der Waals surface area (Å²) in [4.78, 5) is 23.9. The van der Waals surface area contributed by atoms with Crippen LogP contribution in [0.3, 0.4) is 0 Å². The first kappa shape index (κ1) is 13.8. The topological polar surface area (TPSA) is 79.2 Å². The first-order valence-corrected chi connectivity index (χ1v) is 6.14. The van der Waals surface area contributed by atoms with Crippen LogP contribution in [-0.2, 0) is 14.3 Å². The lowest BCUT2D eigenvalue weighted by atomic mass is 9.82. The maximum absolute atomic E-state index is 12.0. The highest BCUT2D eigenvalue weighted by Gasteiger charge is 2.38. The number of esters is 1. The van der Waals surface area contributed by atoms with Gasteiger partial charge in [0.15, 0.2) is 0 Å². The highest BCUT2D eigenvalue weighted by molar-refractivity contribution is 6.00. The number of amides is 1. The Labute approximate surface area is 116 Å². The Balaban J connectivity index is 2.48. The van der Waals surface area contributed by atoms with Crippen LogP contribution < -0.4 is 5.32 Å². The molecule has 0 aromatic heterocycles. The summed E-state index contributed by atoms with van der Waals surface area (Å²) in [5.74, 6) is -2.33. The molecule has 0 spiro atoms. The smallest absolute Gasteiger partial charge is 0.319 e. The summed E-state index contributed by atoms with van der Waals surface area (Å²) >= 11 is 0. The number of hydrogen-bond donors (Lipinski definition) is 1. The molecule has 5 nitrogen and oxygen atoms in total. The summed E-state index contributed by atoms with van der Waals surface area (Å²) < 4.78 is 4.71. The maximum Gasteiger partial charge on any atom is 0.319 e. The second-order valence-electron chi connectivity index (χ2n) is 4.60. The molecular weight excluding hydrogens is 256 g/mol. The van der Waals surface area contributed by atoms with Gasteiger partial charge in [0, 0.05) is 11.6 Å². The molecule has 1 aromatic rings. The second kappa shape index (κ2) is 5.57. The third kappa shape index (κ3) is 2.54. The van der Waals surface area contributed by atoms with E-state index in [1.165, 1.54) is 7.11 Å². The number of nitrogens with zero attached hydrogens (tertiary/aromatic N) is 1. The quantitative estimate of drug-likeness (QED) is 0.652. The van der Waals surface area contributed by atoms with E-state index < -0.39 is 17.8 Å². The van der Waals surface area contributed by atoms with Gasteiger partial charge < -0.3 is 10.1 Å². The zero-order valence-electron chi connectivity index (χ0n) is 11.2. The van der Waals surface area contributed by atoms with Gasteiger partial charge in [0.1, 0.15) is 5.92 Å². The minimum absolute atomic E-state index is 0.385. The lowest BCUT2D eigenvalue weighted by Crippen LogP contribution is -2.42. The Morgan fingerprint density at radius 2 is 2.20 bits per heavy atom. The van der Waals surface area contributed by atoms with Gasteiger partial charge in [0.2, 0.25) is 5.91 Å². The first-order valence-electron chi connectivity index (χ1n) is 6.14. The van der Waals surface area contributed by atoms with Gasteiger partial charge in [-0.25, -0.2) is 0 Å². The molecule has 2 atom stereocenters. The van der Waals surface area contributed by atoms with E-state index in [1.807, 2.05) is 6.07 Å². The monoisotopic (exact) mass is 270 g/mol. The van der Waals surface area contributed by atoms with E-state index in [1.54, 1.807) is 37.3 Å². The van der Waals surface area contributed by atoms with Gasteiger partial charge in [-0.2, -0.15) is 5.26 Å². The van der Waals surface area contributed by atoms with E-state index in [9.17, 15) is 9.59 Å². The summed E-state index contributed by atoms with van der Waals surface area (Å²) in [5, 5.41) is 11.6. The zero-order chi connectivity index (χ0) is 14.7. The number of rotatable bonds is 2. The van der Waals surface area contributed by atoms with Gasteiger partial charge in [-0.3, -0.25) is 9.59 Å². The molecular formula is C15H14N2O3. The molecule has 5 heteroatoms. The molecule has 0 aliphatic carbocycles. The fourth-order valence-corrected chi connectivity index (χ4v) is 2.33.